The second kappa shape index (κ2) is 7.17. The Labute approximate surface area is 160 Å². The summed E-state index contributed by atoms with van der Waals surface area (Å²) in [5.74, 6) is -0.379. The number of carbonyl (C=O) groups is 2. The molecule has 0 saturated heterocycles. The number of rotatable bonds is 4. The van der Waals surface area contributed by atoms with Crippen LogP contribution in [0.4, 0.5) is 20.9 Å². The topological polar surface area (TPSA) is 141 Å². The second-order valence-corrected chi connectivity index (χ2v) is 6.56. The maximum atomic E-state index is 12.5. The third-order valence-corrected chi connectivity index (χ3v) is 4.68. The van der Waals surface area contributed by atoms with Gasteiger partial charge in [0, 0.05) is 7.05 Å². The van der Waals surface area contributed by atoms with E-state index in [1.165, 1.54) is 19.2 Å². The fraction of sp³-hybridized carbons (Fsp3) is 0.143. The molecule has 0 aliphatic heterocycles. The first-order valence-corrected chi connectivity index (χ1v) is 8.42. The van der Waals surface area contributed by atoms with Crippen molar-refractivity contribution in [1.29, 1.82) is 0 Å². The molecular weight excluding hydrogens is 400 g/mol. The maximum absolute atomic E-state index is 12.5. The predicted octanol–water partition coefficient (Wildman–Crippen LogP) is 3.02. The number of amides is 2. The molecule has 0 unspecified atom stereocenters. The van der Waals surface area contributed by atoms with E-state index in [0.29, 0.717) is 11.0 Å². The van der Waals surface area contributed by atoms with Crippen LogP contribution in [0.5, 0.6) is 0 Å². The lowest BCUT2D eigenvalue weighted by molar-refractivity contribution is -0.380. The molecule has 2 heterocycles. The Morgan fingerprint density at radius 2 is 2.11 bits per heavy atom. The Morgan fingerprint density at radius 1 is 1.37 bits per heavy atom. The number of methoxy groups -OCH3 is 1. The average molecular weight is 411 g/mol. The van der Waals surface area contributed by atoms with Crippen LogP contribution in [0, 0.1) is 10.1 Å². The van der Waals surface area contributed by atoms with Crippen molar-refractivity contribution >= 4 is 62.1 Å². The summed E-state index contributed by atoms with van der Waals surface area (Å²) in [7, 11) is 2.86. The van der Waals surface area contributed by atoms with Crippen molar-refractivity contribution in [1.82, 2.24) is 14.5 Å². The van der Waals surface area contributed by atoms with Gasteiger partial charge in [-0.15, -0.1) is 0 Å². The van der Waals surface area contributed by atoms with Gasteiger partial charge in [0.15, 0.2) is 5.13 Å². The zero-order valence-electron chi connectivity index (χ0n) is 13.8. The largest absolute Gasteiger partial charge is 0.453 e. The molecule has 2 N–H and O–H groups in total. The number of anilines is 2. The number of thiazole rings is 1. The standard InChI is InChI=1S/C14H11ClN6O5S/c1-20-9-3-6(11(22)18-13-16-5-10(27-13)21(24)25)7(15)4-8(9)17-12(20)19-14(23)26-2/h3-5H,1-2H3,(H,16,18,22)(H,17,19,23). The minimum Gasteiger partial charge on any atom is -0.453 e. The van der Waals surface area contributed by atoms with Crippen LogP contribution in [0.1, 0.15) is 10.4 Å². The summed E-state index contributed by atoms with van der Waals surface area (Å²) in [6.45, 7) is 0. The molecule has 0 radical (unpaired) electrons. The Hall–Kier alpha value is -3.25. The van der Waals surface area contributed by atoms with Gasteiger partial charge in [0.2, 0.25) is 5.95 Å². The molecule has 0 bridgehead atoms. The molecule has 27 heavy (non-hydrogen) atoms. The summed E-state index contributed by atoms with van der Waals surface area (Å²) < 4.78 is 6.08. The van der Waals surface area contributed by atoms with Gasteiger partial charge in [-0.05, 0) is 23.5 Å². The van der Waals surface area contributed by atoms with E-state index in [0.717, 1.165) is 17.5 Å². The van der Waals surface area contributed by atoms with Crippen molar-refractivity contribution in [3.63, 3.8) is 0 Å². The number of carbonyl (C=O) groups excluding carboxylic acids is 2. The number of nitro groups is 1. The number of fused-ring (bicyclic) bond motifs is 1. The zero-order valence-corrected chi connectivity index (χ0v) is 15.4. The van der Waals surface area contributed by atoms with Gasteiger partial charge in [-0.3, -0.25) is 25.5 Å². The van der Waals surface area contributed by atoms with E-state index < -0.39 is 16.9 Å². The van der Waals surface area contributed by atoms with Crippen molar-refractivity contribution < 1.29 is 19.2 Å². The summed E-state index contributed by atoms with van der Waals surface area (Å²) in [4.78, 5) is 42.0. The summed E-state index contributed by atoms with van der Waals surface area (Å²) in [5.41, 5.74) is 1.10. The van der Waals surface area contributed by atoms with E-state index in [4.69, 9.17) is 11.6 Å². The van der Waals surface area contributed by atoms with Crippen LogP contribution in [-0.2, 0) is 11.8 Å². The van der Waals surface area contributed by atoms with E-state index >= 15 is 0 Å². The van der Waals surface area contributed by atoms with Crippen molar-refractivity contribution in [2.45, 2.75) is 0 Å². The highest BCUT2D eigenvalue weighted by molar-refractivity contribution is 7.18. The summed E-state index contributed by atoms with van der Waals surface area (Å²) >= 11 is 6.89. The van der Waals surface area contributed by atoms with E-state index in [-0.39, 0.29) is 26.7 Å². The molecule has 0 atom stereocenters. The molecule has 1 aromatic carbocycles. The number of halogens is 1. The number of imidazole rings is 1. The third-order valence-electron chi connectivity index (χ3n) is 3.51. The molecule has 2 amide bonds. The number of ether oxygens (including phenoxy) is 1. The Kier molecular flexibility index (Phi) is 4.92. The van der Waals surface area contributed by atoms with E-state index in [1.807, 2.05) is 0 Å². The van der Waals surface area contributed by atoms with Crippen LogP contribution in [0.15, 0.2) is 18.3 Å². The lowest BCUT2D eigenvalue weighted by Crippen LogP contribution is -2.14. The molecule has 0 aliphatic rings. The quantitative estimate of drug-likeness (QED) is 0.497. The summed E-state index contributed by atoms with van der Waals surface area (Å²) in [6, 6.07) is 2.96. The van der Waals surface area contributed by atoms with E-state index in [9.17, 15) is 19.7 Å². The fourth-order valence-corrected chi connectivity index (χ4v) is 3.08. The minimum atomic E-state index is -0.692. The van der Waals surface area contributed by atoms with Crippen molar-refractivity contribution in [3.8, 4) is 0 Å². The molecule has 11 nitrogen and oxygen atoms in total. The SMILES string of the molecule is COC(=O)Nc1nc2cc(Cl)c(C(=O)Nc3ncc([N+](=O)[O-])s3)cc2n1C. The van der Waals surface area contributed by atoms with Crippen LogP contribution >= 0.6 is 22.9 Å². The molecule has 3 aromatic rings. The Morgan fingerprint density at radius 3 is 2.74 bits per heavy atom. The van der Waals surface area contributed by atoms with Gasteiger partial charge in [-0.1, -0.05) is 11.6 Å². The highest BCUT2D eigenvalue weighted by Gasteiger charge is 2.19. The van der Waals surface area contributed by atoms with Gasteiger partial charge < -0.3 is 9.30 Å². The highest BCUT2D eigenvalue weighted by atomic mass is 35.5. The molecule has 0 fully saturated rings. The molecule has 0 aliphatic carbocycles. The normalized spacial score (nSPS) is 10.6. The van der Waals surface area contributed by atoms with Crippen LogP contribution in [0.2, 0.25) is 5.02 Å². The summed E-state index contributed by atoms with van der Waals surface area (Å²) in [6.07, 6.45) is 0.361. The van der Waals surface area contributed by atoms with Gasteiger partial charge in [-0.2, -0.15) is 0 Å². The number of nitrogens with zero attached hydrogens (tertiary/aromatic N) is 4. The van der Waals surface area contributed by atoms with Crippen LogP contribution in [0.3, 0.4) is 0 Å². The number of hydrogen-bond donors (Lipinski definition) is 2. The van der Waals surface area contributed by atoms with Gasteiger partial charge in [-0.25, -0.2) is 14.8 Å². The number of nitrogens with one attached hydrogen (secondary N) is 2. The first kappa shape index (κ1) is 18.5. The Balaban J connectivity index is 1.92. The first-order valence-electron chi connectivity index (χ1n) is 7.22. The third kappa shape index (κ3) is 3.66. The molecule has 0 spiro atoms. The van der Waals surface area contributed by atoms with Gasteiger partial charge in [0.05, 0.1) is 33.7 Å². The number of aromatic nitrogens is 3. The lowest BCUT2D eigenvalue weighted by Gasteiger charge is -2.06. The second-order valence-electron chi connectivity index (χ2n) is 5.15. The number of hydrogen-bond acceptors (Lipinski definition) is 8. The predicted molar refractivity (Wildman–Crippen MR) is 98.5 cm³/mol. The van der Waals surface area contributed by atoms with Crippen molar-refractivity contribution in [2.24, 2.45) is 7.05 Å². The number of aryl methyl sites for hydroxylation is 1. The maximum Gasteiger partial charge on any atom is 0.413 e. The van der Waals surface area contributed by atoms with E-state index in [1.54, 1.807) is 11.6 Å². The first-order chi connectivity index (χ1) is 12.8. The van der Waals surface area contributed by atoms with Crippen LogP contribution < -0.4 is 10.6 Å². The minimum absolute atomic E-state index is 0.0703. The van der Waals surface area contributed by atoms with Crippen LogP contribution in [0.25, 0.3) is 11.0 Å². The van der Waals surface area contributed by atoms with Crippen molar-refractivity contribution in [3.05, 3.63) is 39.0 Å². The van der Waals surface area contributed by atoms with Gasteiger partial charge >= 0.3 is 11.1 Å². The molecule has 2 aromatic heterocycles. The average Bonchev–Trinajstić information content (AvgIpc) is 3.19. The zero-order chi connectivity index (χ0) is 19.7. The molecule has 0 saturated carbocycles. The Bertz CT molecular complexity index is 1080. The summed E-state index contributed by atoms with van der Waals surface area (Å²) in [5, 5.41) is 15.6. The molecule has 140 valence electrons. The number of benzene rings is 1. The van der Waals surface area contributed by atoms with Crippen molar-refractivity contribution in [2.75, 3.05) is 17.7 Å². The van der Waals surface area contributed by atoms with Gasteiger partial charge in [0.1, 0.15) is 6.20 Å². The lowest BCUT2D eigenvalue weighted by atomic mass is 10.2. The van der Waals surface area contributed by atoms with Gasteiger partial charge in [0.25, 0.3) is 5.91 Å². The molecular formula is C14H11ClN6O5S. The van der Waals surface area contributed by atoms with Crippen LogP contribution in [-0.4, -0.2) is 38.6 Å². The van der Waals surface area contributed by atoms with E-state index in [2.05, 4.69) is 25.3 Å². The molecule has 13 heteroatoms. The highest BCUT2D eigenvalue weighted by Crippen LogP contribution is 2.29. The monoisotopic (exact) mass is 410 g/mol. The smallest absolute Gasteiger partial charge is 0.413 e. The molecule has 3 rings (SSSR count). The fourth-order valence-electron chi connectivity index (χ4n) is 2.21.